The van der Waals surface area contributed by atoms with Gasteiger partial charge in [0.05, 0.1) is 14.1 Å². The van der Waals surface area contributed by atoms with Crippen molar-refractivity contribution in [3.63, 3.8) is 0 Å². The van der Waals surface area contributed by atoms with E-state index in [1.165, 1.54) is 13.5 Å². The number of carbonyl (C=O) groups excluding carboxylic acids is 3. The number of nitrogens with zero attached hydrogens (tertiary/aromatic N) is 1. The third-order valence-corrected chi connectivity index (χ3v) is 5.54. The number of carbonyl (C=O) groups is 3. The van der Waals surface area contributed by atoms with Crippen LogP contribution in [0.2, 0.25) is 0 Å². The summed E-state index contributed by atoms with van der Waals surface area (Å²) >= 11 is 0. The molecule has 222 valence electrons. The van der Waals surface area contributed by atoms with Crippen molar-refractivity contribution in [2.75, 3.05) is 34.2 Å². The van der Waals surface area contributed by atoms with E-state index >= 15 is 0 Å². The molecule has 1 unspecified atom stereocenters. The average Bonchev–Trinajstić information content (AvgIpc) is 2.91. The molecule has 0 spiro atoms. The van der Waals surface area contributed by atoms with Crippen LogP contribution in [0.15, 0.2) is 55.7 Å². The van der Waals surface area contributed by atoms with Gasteiger partial charge in [-0.15, -0.1) is 0 Å². The van der Waals surface area contributed by atoms with E-state index in [4.69, 9.17) is 5.73 Å². The van der Waals surface area contributed by atoms with E-state index in [1.807, 2.05) is 44.4 Å². The summed E-state index contributed by atoms with van der Waals surface area (Å²) in [6.45, 7) is 12.4. The quantitative estimate of drug-likeness (QED) is 0.0664. The fourth-order valence-electron chi connectivity index (χ4n) is 3.71. The van der Waals surface area contributed by atoms with Crippen LogP contribution in [0, 0.1) is 0 Å². The van der Waals surface area contributed by atoms with Crippen molar-refractivity contribution >= 4 is 29.6 Å². The Morgan fingerprint density at radius 2 is 1.68 bits per heavy atom. The highest BCUT2D eigenvalue weighted by molar-refractivity contribution is 5.88. The fraction of sp³-hybridized carbons (Fsp3) is 0.484. The van der Waals surface area contributed by atoms with Crippen molar-refractivity contribution in [1.29, 1.82) is 0 Å². The van der Waals surface area contributed by atoms with Gasteiger partial charge in [-0.3, -0.25) is 24.3 Å². The molecule has 9 nitrogen and oxygen atoms in total. The molecular formula is C31H51N6O3+. The topological polar surface area (TPSA) is 128 Å². The minimum atomic E-state index is -0.648. The molecule has 0 saturated heterocycles. The fourth-order valence-corrected chi connectivity index (χ4v) is 3.71. The highest BCUT2D eigenvalue weighted by Gasteiger charge is 2.23. The van der Waals surface area contributed by atoms with Crippen LogP contribution in [0.3, 0.4) is 0 Å². The molecule has 9 heteroatoms. The summed E-state index contributed by atoms with van der Waals surface area (Å²) in [6, 6.07) is 6.76. The summed E-state index contributed by atoms with van der Waals surface area (Å²) in [5, 5.41) is 11.3. The van der Waals surface area contributed by atoms with E-state index in [9.17, 15) is 14.4 Å². The Bertz CT molecular complexity index is 981. The van der Waals surface area contributed by atoms with Crippen LogP contribution < -0.4 is 27.0 Å². The molecular weight excluding hydrogens is 504 g/mol. The van der Waals surface area contributed by atoms with Gasteiger partial charge in [0.2, 0.25) is 18.2 Å². The van der Waals surface area contributed by atoms with Crippen LogP contribution in [0.1, 0.15) is 57.1 Å². The summed E-state index contributed by atoms with van der Waals surface area (Å²) in [7, 11) is 5.23. The van der Waals surface area contributed by atoms with Gasteiger partial charge in [0.15, 0.2) is 6.54 Å². The molecule has 0 saturated carbocycles. The maximum atomic E-state index is 12.9. The van der Waals surface area contributed by atoms with Crippen molar-refractivity contribution in [3.05, 3.63) is 66.8 Å². The first-order chi connectivity index (χ1) is 19.1. The second kappa shape index (κ2) is 22.1. The third kappa shape index (κ3) is 16.3. The molecule has 1 aromatic rings. The van der Waals surface area contributed by atoms with Crippen LogP contribution in [0.4, 0.5) is 0 Å². The Balaban J connectivity index is 0.00000483. The zero-order valence-corrected chi connectivity index (χ0v) is 25.1. The number of likely N-dealkylation sites (N-methyl/N-ethyl adjacent to an activating group) is 1. The first-order valence-electron chi connectivity index (χ1n) is 13.9. The molecule has 0 heterocycles. The minimum absolute atomic E-state index is 0.0313. The highest BCUT2D eigenvalue weighted by Crippen LogP contribution is 2.17. The Hall–Kier alpha value is -3.72. The van der Waals surface area contributed by atoms with Crippen LogP contribution in [-0.2, 0) is 20.8 Å². The Morgan fingerprint density at radius 3 is 2.20 bits per heavy atom. The highest BCUT2D eigenvalue weighted by atomic mass is 16.2. The largest absolute Gasteiger partial charge is 0.357 e. The lowest BCUT2D eigenvalue weighted by Crippen LogP contribution is -2.49. The Morgan fingerprint density at radius 1 is 1.02 bits per heavy atom. The second-order valence-electron chi connectivity index (χ2n) is 9.63. The maximum absolute atomic E-state index is 12.9. The zero-order valence-electron chi connectivity index (χ0n) is 25.1. The average molecular weight is 556 g/mol. The molecule has 1 aromatic carbocycles. The molecule has 0 aliphatic rings. The molecule has 0 aromatic heterocycles. The molecule has 40 heavy (non-hydrogen) atoms. The number of hydrogen-bond donors (Lipinski definition) is 5. The number of benzene rings is 1. The number of rotatable bonds is 17. The SMILES string of the molecule is C=C/C=C(\C=C)c1ccc(CC(CC(=O)N[C@@H](CCCCN)C(=O)NC)NC(=O)CNC=[N+](C)C)cc1.CCC. The summed E-state index contributed by atoms with van der Waals surface area (Å²) in [5.74, 6) is -0.796. The normalized spacial score (nSPS) is 12.0. The van der Waals surface area contributed by atoms with Crippen molar-refractivity contribution in [1.82, 2.24) is 21.3 Å². The maximum Gasteiger partial charge on any atom is 0.261 e. The minimum Gasteiger partial charge on any atom is -0.357 e. The lowest BCUT2D eigenvalue weighted by Gasteiger charge is -2.21. The molecule has 0 aliphatic heterocycles. The first-order valence-corrected chi connectivity index (χ1v) is 13.9. The second-order valence-corrected chi connectivity index (χ2v) is 9.63. The smallest absolute Gasteiger partial charge is 0.261 e. The van der Waals surface area contributed by atoms with E-state index in [0.717, 1.165) is 29.5 Å². The molecule has 6 N–H and O–H groups in total. The van der Waals surface area contributed by atoms with Gasteiger partial charge in [-0.2, -0.15) is 0 Å². The van der Waals surface area contributed by atoms with E-state index < -0.39 is 12.1 Å². The summed E-state index contributed by atoms with van der Waals surface area (Å²) in [6.07, 6.45) is 10.7. The number of unbranched alkanes of at least 4 members (excludes halogenated alkanes) is 1. The van der Waals surface area contributed by atoms with Gasteiger partial charge < -0.3 is 21.7 Å². The molecule has 2 atom stereocenters. The van der Waals surface area contributed by atoms with Crippen LogP contribution in [-0.4, -0.2) is 75.0 Å². The van der Waals surface area contributed by atoms with Gasteiger partial charge in [0.1, 0.15) is 6.04 Å². The van der Waals surface area contributed by atoms with E-state index in [2.05, 4.69) is 48.3 Å². The number of hydrogen-bond acceptors (Lipinski definition) is 4. The molecule has 0 radical (unpaired) electrons. The summed E-state index contributed by atoms with van der Waals surface area (Å²) in [4.78, 5) is 37.8. The van der Waals surface area contributed by atoms with Crippen LogP contribution in [0.5, 0.6) is 0 Å². The van der Waals surface area contributed by atoms with Crippen molar-refractivity contribution in [2.24, 2.45) is 5.73 Å². The van der Waals surface area contributed by atoms with E-state index in [1.54, 1.807) is 23.1 Å². The van der Waals surface area contributed by atoms with Gasteiger partial charge in [0.25, 0.3) is 5.91 Å². The lowest BCUT2D eigenvalue weighted by molar-refractivity contribution is -0.461. The molecule has 1 rings (SSSR count). The number of allylic oxidation sites excluding steroid dienone is 4. The van der Waals surface area contributed by atoms with Gasteiger partial charge in [0, 0.05) is 19.5 Å². The zero-order chi connectivity index (χ0) is 30.3. The van der Waals surface area contributed by atoms with Gasteiger partial charge in [-0.05, 0) is 48.9 Å². The van der Waals surface area contributed by atoms with Gasteiger partial charge in [-0.1, -0.05) is 75.9 Å². The molecule has 0 fully saturated rings. The third-order valence-electron chi connectivity index (χ3n) is 5.54. The van der Waals surface area contributed by atoms with Crippen LogP contribution >= 0.6 is 0 Å². The van der Waals surface area contributed by atoms with Crippen LogP contribution in [0.25, 0.3) is 5.57 Å². The molecule has 0 bridgehead atoms. The summed E-state index contributed by atoms with van der Waals surface area (Å²) in [5.41, 5.74) is 8.46. The van der Waals surface area contributed by atoms with Crippen molar-refractivity contribution in [3.8, 4) is 0 Å². The van der Waals surface area contributed by atoms with Gasteiger partial charge >= 0.3 is 0 Å². The Labute approximate surface area is 241 Å². The van der Waals surface area contributed by atoms with Crippen molar-refractivity contribution in [2.45, 2.75) is 64.5 Å². The monoisotopic (exact) mass is 555 g/mol. The predicted molar refractivity (Wildman–Crippen MR) is 166 cm³/mol. The van der Waals surface area contributed by atoms with Crippen molar-refractivity contribution < 1.29 is 19.0 Å². The van der Waals surface area contributed by atoms with Gasteiger partial charge in [-0.25, -0.2) is 0 Å². The van der Waals surface area contributed by atoms with E-state index in [0.29, 0.717) is 19.4 Å². The number of amides is 3. The summed E-state index contributed by atoms with van der Waals surface area (Å²) < 4.78 is 1.79. The lowest BCUT2D eigenvalue weighted by atomic mass is 9.98. The number of nitrogens with one attached hydrogen (secondary N) is 4. The predicted octanol–water partition coefficient (Wildman–Crippen LogP) is 2.53. The number of nitrogens with two attached hydrogens (primary N) is 1. The van der Waals surface area contributed by atoms with E-state index in [-0.39, 0.29) is 30.7 Å². The molecule has 3 amide bonds. The Kier molecular flexibility index (Phi) is 20.1. The standard InChI is InChI=1S/C28H42N6O3.C3H8/c1-6-10-22(7-2)23-14-12-21(13-15-23)17-24(32-27(36)19-31-20-34(4)5)18-26(35)33-25(28(37)30-3)11-8-9-16-29;1-3-2/h6-7,10,12-15,20,24-25H,1-2,8-9,11,16-19,29H2,3-5H3,(H3,30,32,33,35,36,37);3H2,1-2H3/p+1/b22-10+;/t24?,25-;/m0./s1. The molecule has 0 aliphatic carbocycles. The first kappa shape index (κ1) is 36.3.